The molecule has 2 atom stereocenters. The van der Waals surface area contributed by atoms with E-state index in [1.165, 1.54) is 25.6 Å². The van der Waals surface area contributed by atoms with Crippen LogP contribution in [0.5, 0.6) is 0 Å². The molecule has 0 saturated carbocycles. The number of nitrogens with one attached hydrogen (secondary N) is 1. The molecule has 1 aromatic heterocycles. The van der Waals surface area contributed by atoms with Gasteiger partial charge in [0.25, 0.3) is 0 Å². The molecular formula is C19H36N4O2. The normalized spacial score (nSPS) is 21.5. The third-order valence-electron chi connectivity index (χ3n) is 4.61. The Hall–Kier alpha value is -1.56. The summed E-state index contributed by atoms with van der Waals surface area (Å²) >= 11 is 0. The Morgan fingerprint density at radius 2 is 1.96 bits per heavy atom. The number of ether oxygens (including phenoxy) is 1. The van der Waals surface area contributed by atoms with Crippen LogP contribution in [0.25, 0.3) is 0 Å². The molecule has 0 bridgehead atoms. The summed E-state index contributed by atoms with van der Waals surface area (Å²) in [6, 6.07) is 1.15. The zero-order chi connectivity index (χ0) is 19.0. The van der Waals surface area contributed by atoms with Crippen molar-refractivity contribution in [2.45, 2.75) is 86.0 Å². The predicted octanol–water partition coefficient (Wildman–Crippen LogP) is 3.51. The van der Waals surface area contributed by atoms with Crippen LogP contribution in [0.2, 0.25) is 0 Å². The number of rotatable bonds is 2. The lowest BCUT2D eigenvalue weighted by atomic mass is 10.1. The quantitative estimate of drug-likeness (QED) is 0.885. The molecule has 2 aliphatic heterocycles. The number of aryl methyl sites for hydroxylation is 1. The molecule has 1 amide bonds. The predicted molar refractivity (Wildman–Crippen MR) is 102 cm³/mol. The lowest BCUT2D eigenvalue weighted by molar-refractivity contribution is 0.117. The van der Waals surface area contributed by atoms with Crippen LogP contribution in [0.1, 0.15) is 64.7 Å². The molecule has 2 unspecified atom stereocenters. The minimum atomic E-state index is -0.265. The maximum atomic E-state index is 11.6. The fourth-order valence-corrected chi connectivity index (χ4v) is 3.49. The first-order valence-corrected chi connectivity index (χ1v) is 9.72. The number of nitrogens with zero attached hydrogens (tertiary/aromatic N) is 3. The van der Waals surface area contributed by atoms with E-state index in [0.29, 0.717) is 25.2 Å². The van der Waals surface area contributed by atoms with Gasteiger partial charge in [-0.15, -0.1) is 0 Å². The van der Waals surface area contributed by atoms with Crippen LogP contribution in [0.3, 0.4) is 0 Å². The van der Waals surface area contributed by atoms with Gasteiger partial charge in [-0.05, 0) is 26.7 Å². The smallest absolute Gasteiger partial charge is 0.409 e. The lowest BCUT2D eigenvalue weighted by Gasteiger charge is -2.26. The molecule has 2 aliphatic rings. The molecule has 1 fully saturated rings. The second-order valence-electron chi connectivity index (χ2n) is 6.15. The van der Waals surface area contributed by atoms with Crippen molar-refractivity contribution >= 4 is 6.09 Å². The van der Waals surface area contributed by atoms with Crippen LogP contribution < -0.4 is 5.32 Å². The van der Waals surface area contributed by atoms with E-state index in [1.807, 2.05) is 27.7 Å². The van der Waals surface area contributed by atoms with E-state index < -0.39 is 0 Å². The molecule has 1 N–H and O–H groups in total. The van der Waals surface area contributed by atoms with Gasteiger partial charge in [0.1, 0.15) is 5.82 Å². The van der Waals surface area contributed by atoms with Gasteiger partial charge in [0, 0.05) is 37.3 Å². The average molecular weight is 353 g/mol. The first kappa shape index (κ1) is 21.5. The average Bonchev–Trinajstić information content (AvgIpc) is 3.20. The molecule has 0 radical (unpaired) electrons. The molecule has 25 heavy (non-hydrogen) atoms. The second kappa shape index (κ2) is 10.4. The fraction of sp³-hybridized carbons (Fsp3) is 0.789. The van der Waals surface area contributed by atoms with E-state index in [1.54, 1.807) is 4.90 Å². The van der Waals surface area contributed by atoms with Gasteiger partial charge in [0.05, 0.1) is 19.3 Å². The maximum absolute atomic E-state index is 11.6. The fourth-order valence-electron chi connectivity index (χ4n) is 3.49. The highest BCUT2D eigenvalue weighted by Crippen LogP contribution is 2.23. The number of aromatic nitrogens is 2. The van der Waals surface area contributed by atoms with Gasteiger partial charge in [-0.1, -0.05) is 27.7 Å². The second-order valence-corrected chi connectivity index (χ2v) is 6.15. The van der Waals surface area contributed by atoms with Gasteiger partial charge in [0.15, 0.2) is 0 Å². The van der Waals surface area contributed by atoms with E-state index in [9.17, 15) is 4.79 Å². The number of carbonyl (C=O) groups is 1. The van der Waals surface area contributed by atoms with Crippen LogP contribution in [-0.4, -0.2) is 46.3 Å². The molecular weight excluding hydrogens is 316 g/mol. The van der Waals surface area contributed by atoms with E-state index in [4.69, 9.17) is 4.74 Å². The molecule has 1 saturated heterocycles. The summed E-state index contributed by atoms with van der Waals surface area (Å²) in [6.45, 7) is 14.5. The standard InChI is InChI=1S/C15H24N4O2.2C2H6/c1-10-4-5-12(16-10)8-19-11(2)17-13-9-18(15(20)21-3)7-6-14(13)19;2*1-2/h10,12,16H,4-9H2,1-3H3;2*1-2H3. The van der Waals surface area contributed by atoms with Crippen LogP contribution in [-0.2, 0) is 24.2 Å². The van der Waals surface area contributed by atoms with Crippen LogP contribution in [0, 0.1) is 6.92 Å². The van der Waals surface area contributed by atoms with Gasteiger partial charge < -0.3 is 19.5 Å². The molecule has 0 aliphatic carbocycles. The van der Waals surface area contributed by atoms with Crippen LogP contribution in [0.4, 0.5) is 4.79 Å². The zero-order valence-electron chi connectivity index (χ0n) is 17.1. The highest BCUT2D eigenvalue weighted by Gasteiger charge is 2.28. The minimum Gasteiger partial charge on any atom is -0.453 e. The molecule has 0 spiro atoms. The van der Waals surface area contributed by atoms with Crippen molar-refractivity contribution < 1.29 is 9.53 Å². The SMILES string of the molecule is CC.CC.COC(=O)N1CCc2c(nc(C)n2CC2CCC(C)N2)C1. The van der Waals surface area contributed by atoms with Crippen molar-refractivity contribution in [3.8, 4) is 0 Å². The Labute approximate surface area is 152 Å². The zero-order valence-corrected chi connectivity index (χ0v) is 17.1. The van der Waals surface area contributed by atoms with Crippen molar-refractivity contribution in [3.63, 3.8) is 0 Å². The van der Waals surface area contributed by atoms with Crippen molar-refractivity contribution in [2.75, 3.05) is 13.7 Å². The third kappa shape index (κ3) is 5.21. The van der Waals surface area contributed by atoms with Gasteiger partial charge in [-0.2, -0.15) is 0 Å². The molecule has 6 heteroatoms. The Bertz CT molecular complexity index is 542. The number of hydrogen-bond donors (Lipinski definition) is 1. The Morgan fingerprint density at radius 1 is 1.28 bits per heavy atom. The van der Waals surface area contributed by atoms with E-state index in [2.05, 4.69) is 28.7 Å². The summed E-state index contributed by atoms with van der Waals surface area (Å²) < 4.78 is 7.14. The van der Waals surface area contributed by atoms with Crippen molar-refractivity contribution in [1.82, 2.24) is 19.8 Å². The highest BCUT2D eigenvalue weighted by molar-refractivity contribution is 5.67. The van der Waals surface area contributed by atoms with Gasteiger partial charge in [-0.3, -0.25) is 0 Å². The number of carbonyl (C=O) groups excluding carboxylic acids is 1. The topological polar surface area (TPSA) is 59.4 Å². The number of amides is 1. The monoisotopic (exact) mass is 352 g/mol. The van der Waals surface area contributed by atoms with Crippen molar-refractivity contribution in [2.24, 2.45) is 0 Å². The Morgan fingerprint density at radius 3 is 2.52 bits per heavy atom. The van der Waals surface area contributed by atoms with Crippen molar-refractivity contribution in [3.05, 3.63) is 17.2 Å². The van der Waals surface area contributed by atoms with Gasteiger partial charge in [0.2, 0.25) is 0 Å². The number of imidazole rings is 1. The summed E-state index contributed by atoms with van der Waals surface area (Å²) in [5, 5.41) is 3.63. The number of methoxy groups -OCH3 is 1. The van der Waals surface area contributed by atoms with E-state index >= 15 is 0 Å². The summed E-state index contributed by atoms with van der Waals surface area (Å²) in [4.78, 5) is 18.0. The molecule has 144 valence electrons. The molecule has 3 heterocycles. The Balaban J connectivity index is 0.000000730. The minimum absolute atomic E-state index is 0.265. The van der Waals surface area contributed by atoms with Crippen LogP contribution >= 0.6 is 0 Å². The maximum Gasteiger partial charge on any atom is 0.409 e. The van der Waals surface area contributed by atoms with E-state index in [0.717, 1.165) is 24.5 Å². The highest BCUT2D eigenvalue weighted by atomic mass is 16.5. The van der Waals surface area contributed by atoms with Crippen LogP contribution in [0.15, 0.2) is 0 Å². The van der Waals surface area contributed by atoms with Gasteiger partial charge in [-0.25, -0.2) is 9.78 Å². The molecule has 0 aromatic carbocycles. The summed E-state index contributed by atoms with van der Waals surface area (Å²) in [5.41, 5.74) is 2.31. The summed E-state index contributed by atoms with van der Waals surface area (Å²) in [6.07, 6.45) is 3.06. The van der Waals surface area contributed by atoms with Gasteiger partial charge >= 0.3 is 6.09 Å². The lowest BCUT2D eigenvalue weighted by Crippen LogP contribution is -2.37. The molecule has 3 rings (SSSR count). The first-order valence-electron chi connectivity index (χ1n) is 9.72. The molecule has 1 aromatic rings. The van der Waals surface area contributed by atoms with Crippen molar-refractivity contribution in [1.29, 1.82) is 0 Å². The summed E-state index contributed by atoms with van der Waals surface area (Å²) in [5.74, 6) is 1.05. The molecule has 6 nitrogen and oxygen atoms in total. The first-order chi connectivity index (χ1) is 12.1. The number of hydrogen-bond acceptors (Lipinski definition) is 4. The summed E-state index contributed by atoms with van der Waals surface area (Å²) in [7, 11) is 1.43. The largest absolute Gasteiger partial charge is 0.453 e. The van der Waals surface area contributed by atoms with E-state index in [-0.39, 0.29) is 6.09 Å². The third-order valence-corrected chi connectivity index (χ3v) is 4.61. The number of fused-ring (bicyclic) bond motifs is 1. The Kier molecular flexibility index (Phi) is 8.97.